The topological polar surface area (TPSA) is 61.4 Å². The van der Waals surface area contributed by atoms with Crippen molar-refractivity contribution >= 4 is 10.2 Å². The number of hydrogen-bond acceptors (Lipinski definition) is 3. The standard InChI is InChI=1S/C14H29N3O2S/c1-13(2)9-12(10-14(3,4)11-13)16-20(18,19)17-7-5-15-6-8-17/h12,15-16H,5-11H2,1-4H3. The Balaban J connectivity index is 2.04. The van der Waals surface area contributed by atoms with Gasteiger partial charge >= 0.3 is 0 Å². The average Bonchev–Trinajstić information content (AvgIpc) is 2.25. The molecule has 1 aliphatic heterocycles. The highest BCUT2D eigenvalue weighted by molar-refractivity contribution is 7.87. The van der Waals surface area contributed by atoms with Crippen LogP contribution in [0.15, 0.2) is 0 Å². The first-order chi connectivity index (χ1) is 9.10. The molecule has 2 fully saturated rings. The van der Waals surface area contributed by atoms with Crippen molar-refractivity contribution in [3.63, 3.8) is 0 Å². The molecule has 0 aromatic rings. The van der Waals surface area contributed by atoms with Crippen LogP contribution in [0.2, 0.25) is 0 Å². The molecule has 0 amide bonds. The molecule has 0 atom stereocenters. The fourth-order valence-electron chi connectivity index (χ4n) is 4.10. The number of rotatable bonds is 3. The van der Waals surface area contributed by atoms with Crippen LogP contribution in [-0.2, 0) is 10.2 Å². The SMILES string of the molecule is CC1(C)CC(NS(=O)(=O)N2CCNCC2)CC(C)(C)C1. The molecule has 2 aliphatic rings. The van der Waals surface area contributed by atoms with E-state index < -0.39 is 10.2 Å². The van der Waals surface area contributed by atoms with Crippen molar-refractivity contribution in [3.05, 3.63) is 0 Å². The zero-order chi connectivity index (χ0) is 15.0. The van der Waals surface area contributed by atoms with Crippen LogP contribution in [0, 0.1) is 10.8 Å². The number of piperazine rings is 1. The zero-order valence-corrected chi connectivity index (χ0v) is 14.0. The Morgan fingerprint density at radius 2 is 1.55 bits per heavy atom. The summed E-state index contributed by atoms with van der Waals surface area (Å²) in [5.74, 6) is 0. The molecule has 2 N–H and O–H groups in total. The summed E-state index contributed by atoms with van der Waals surface area (Å²) < 4.78 is 29.4. The van der Waals surface area contributed by atoms with Crippen molar-refractivity contribution in [3.8, 4) is 0 Å². The zero-order valence-electron chi connectivity index (χ0n) is 13.2. The van der Waals surface area contributed by atoms with Crippen LogP contribution in [0.4, 0.5) is 0 Å². The summed E-state index contributed by atoms with van der Waals surface area (Å²) in [5.41, 5.74) is 0.386. The fraction of sp³-hybridized carbons (Fsp3) is 1.00. The van der Waals surface area contributed by atoms with Gasteiger partial charge in [0, 0.05) is 32.2 Å². The lowest BCUT2D eigenvalue weighted by molar-refractivity contribution is 0.0926. The molecule has 0 radical (unpaired) electrons. The molecule has 1 aliphatic carbocycles. The fourth-order valence-corrected chi connectivity index (χ4v) is 5.50. The molecule has 0 unspecified atom stereocenters. The third-order valence-corrected chi connectivity index (χ3v) is 5.96. The summed E-state index contributed by atoms with van der Waals surface area (Å²) in [4.78, 5) is 0. The third kappa shape index (κ3) is 4.16. The maximum Gasteiger partial charge on any atom is 0.279 e. The Labute approximate surface area is 123 Å². The van der Waals surface area contributed by atoms with Crippen molar-refractivity contribution in [2.45, 2.75) is 53.0 Å². The molecule has 1 heterocycles. The van der Waals surface area contributed by atoms with Crippen molar-refractivity contribution < 1.29 is 8.42 Å². The Morgan fingerprint density at radius 1 is 1.05 bits per heavy atom. The maximum absolute atomic E-state index is 12.5. The third-order valence-electron chi connectivity index (χ3n) is 4.29. The van der Waals surface area contributed by atoms with Gasteiger partial charge in [0.1, 0.15) is 0 Å². The molecule has 1 saturated heterocycles. The minimum Gasteiger partial charge on any atom is -0.314 e. The average molecular weight is 303 g/mol. The van der Waals surface area contributed by atoms with Gasteiger partial charge in [-0.2, -0.15) is 17.4 Å². The van der Waals surface area contributed by atoms with E-state index in [9.17, 15) is 8.42 Å². The highest BCUT2D eigenvalue weighted by Gasteiger charge is 2.40. The molecule has 2 rings (SSSR count). The monoisotopic (exact) mass is 303 g/mol. The van der Waals surface area contributed by atoms with E-state index in [1.54, 1.807) is 4.31 Å². The van der Waals surface area contributed by atoms with E-state index in [0.717, 1.165) is 32.4 Å². The van der Waals surface area contributed by atoms with Crippen LogP contribution in [-0.4, -0.2) is 44.9 Å². The molecular weight excluding hydrogens is 274 g/mol. The van der Waals surface area contributed by atoms with Gasteiger partial charge in [-0.15, -0.1) is 0 Å². The molecule has 0 bridgehead atoms. The van der Waals surface area contributed by atoms with Gasteiger partial charge in [-0.3, -0.25) is 0 Å². The van der Waals surface area contributed by atoms with Crippen LogP contribution in [0.5, 0.6) is 0 Å². The van der Waals surface area contributed by atoms with Gasteiger partial charge in [-0.05, 0) is 30.1 Å². The van der Waals surface area contributed by atoms with Crippen LogP contribution in [0.3, 0.4) is 0 Å². The smallest absolute Gasteiger partial charge is 0.279 e. The number of nitrogens with zero attached hydrogens (tertiary/aromatic N) is 1. The summed E-state index contributed by atoms with van der Waals surface area (Å²) >= 11 is 0. The predicted molar refractivity (Wildman–Crippen MR) is 81.7 cm³/mol. The summed E-state index contributed by atoms with van der Waals surface area (Å²) in [6.07, 6.45) is 2.98. The van der Waals surface area contributed by atoms with Gasteiger partial charge in [-0.1, -0.05) is 27.7 Å². The molecule has 0 spiro atoms. The Kier molecular flexibility index (Phi) is 4.50. The van der Waals surface area contributed by atoms with Gasteiger partial charge in [0.25, 0.3) is 10.2 Å². The molecular formula is C14H29N3O2S. The first-order valence-electron chi connectivity index (χ1n) is 7.58. The maximum atomic E-state index is 12.5. The molecule has 6 heteroatoms. The molecule has 118 valence electrons. The minimum atomic E-state index is -3.34. The summed E-state index contributed by atoms with van der Waals surface area (Å²) in [6, 6.07) is 0.0497. The van der Waals surface area contributed by atoms with Gasteiger partial charge in [-0.25, -0.2) is 0 Å². The van der Waals surface area contributed by atoms with E-state index in [-0.39, 0.29) is 16.9 Å². The van der Waals surface area contributed by atoms with Gasteiger partial charge in [0.15, 0.2) is 0 Å². The van der Waals surface area contributed by atoms with Gasteiger partial charge in [0.2, 0.25) is 0 Å². The molecule has 20 heavy (non-hydrogen) atoms. The summed E-state index contributed by atoms with van der Waals surface area (Å²) in [7, 11) is -3.34. The second kappa shape index (κ2) is 5.55. The van der Waals surface area contributed by atoms with E-state index in [2.05, 4.69) is 37.7 Å². The van der Waals surface area contributed by atoms with Crippen molar-refractivity contribution in [1.29, 1.82) is 0 Å². The second-order valence-electron chi connectivity index (χ2n) is 7.88. The van der Waals surface area contributed by atoms with Crippen LogP contribution in [0.1, 0.15) is 47.0 Å². The van der Waals surface area contributed by atoms with E-state index >= 15 is 0 Å². The lowest BCUT2D eigenvalue weighted by Crippen LogP contribution is -2.54. The van der Waals surface area contributed by atoms with Crippen molar-refractivity contribution in [1.82, 2.24) is 14.3 Å². The Bertz CT molecular complexity index is 423. The van der Waals surface area contributed by atoms with Crippen LogP contribution in [0.25, 0.3) is 0 Å². The van der Waals surface area contributed by atoms with Crippen molar-refractivity contribution in [2.75, 3.05) is 26.2 Å². The van der Waals surface area contributed by atoms with Gasteiger partial charge < -0.3 is 5.32 Å². The second-order valence-corrected chi connectivity index (χ2v) is 9.58. The lowest BCUT2D eigenvalue weighted by atomic mass is 9.64. The number of hydrogen-bond donors (Lipinski definition) is 2. The van der Waals surface area contributed by atoms with Gasteiger partial charge in [0.05, 0.1) is 0 Å². The van der Waals surface area contributed by atoms with E-state index in [1.807, 2.05) is 0 Å². The molecule has 5 nitrogen and oxygen atoms in total. The first kappa shape index (κ1) is 16.2. The Hall–Kier alpha value is -0.170. The Morgan fingerprint density at radius 3 is 2.05 bits per heavy atom. The predicted octanol–water partition coefficient (Wildman–Crippen LogP) is 1.33. The van der Waals surface area contributed by atoms with E-state index in [0.29, 0.717) is 13.1 Å². The van der Waals surface area contributed by atoms with E-state index in [4.69, 9.17) is 0 Å². The lowest BCUT2D eigenvalue weighted by Gasteiger charge is -2.45. The summed E-state index contributed by atoms with van der Waals surface area (Å²) in [6.45, 7) is 11.6. The molecule has 1 saturated carbocycles. The largest absolute Gasteiger partial charge is 0.314 e. The van der Waals surface area contributed by atoms with Crippen molar-refractivity contribution in [2.24, 2.45) is 10.8 Å². The van der Waals surface area contributed by atoms with E-state index in [1.165, 1.54) is 0 Å². The van der Waals surface area contributed by atoms with Crippen LogP contribution >= 0.6 is 0 Å². The minimum absolute atomic E-state index is 0.0497. The summed E-state index contributed by atoms with van der Waals surface area (Å²) in [5, 5.41) is 3.18. The van der Waals surface area contributed by atoms with Crippen LogP contribution < -0.4 is 10.0 Å². The quantitative estimate of drug-likeness (QED) is 0.827. The molecule has 0 aromatic carbocycles. The first-order valence-corrected chi connectivity index (χ1v) is 9.02. The highest BCUT2D eigenvalue weighted by Crippen LogP contribution is 2.45. The highest BCUT2D eigenvalue weighted by atomic mass is 32.2. The molecule has 0 aromatic heterocycles. The number of nitrogens with one attached hydrogen (secondary N) is 2. The normalized spacial score (nSPS) is 28.4.